The molecule has 0 N–H and O–H groups in total. The van der Waals surface area contributed by atoms with E-state index in [2.05, 4.69) is 25.8 Å². The van der Waals surface area contributed by atoms with Crippen molar-refractivity contribution >= 4 is 48.5 Å². The fourth-order valence-corrected chi connectivity index (χ4v) is 6.09. The highest BCUT2D eigenvalue weighted by Crippen LogP contribution is 2.34. The van der Waals surface area contributed by atoms with Gasteiger partial charge >= 0.3 is 0 Å². The SMILES string of the molecule is CC1CN(C2CCC(=Nc3ncc4oc(C#N)cc4c3Br)CC2)CCN1S(C)(=O)=O. The average molecular weight is 494 g/mol. The lowest BCUT2D eigenvalue weighted by Crippen LogP contribution is -2.56. The van der Waals surface area contributed by atoms with Crippen molar-refractivity contribution in [2.75, 3.05) is 25.9 Å². The van der Waals surface area contributed by atoms with Gasteiger partial charge in [0, 0.05) is 48.9 Å². The van der Waals surface area contributed by atoms with Crippen LogP contribution in [0.2, 0.25) is 0 Å². The number of nitriles is 1. The third kappa shape index (κ3) is 4.30. The van der Waals surface area contributed by atoms with E-state index in [-0.39, 0.29) is 11.8 Å². The average Bonchev–Trinajstić information content (AvgIpc) is 3.14. The highest BCUT2D eigenvalue weighted by molar-refractivity contribution is 9.10. The van der Waals surface area contributed by atoms with Crippen molar-refractivity contribution in [1.29, 1.82) is 5.26 Å². The summed E-state index contributed by atoms with van der Waals surface area (Å²) in [5.41, 5.74) is 1.68. The lowest BCUT2D eigenvalue weighted by atomic mass is 9.91. The Kier molecular flexibility index (Phi) is 5.99. The predicted octanol–water partition coefficient (Wildman–Crippen LogP) is 3.44. The summed E-state index contributed by atoms with van der Waals surface area (Å²) in [6.07, 6.45) is 6.70. The van der Waals surface area contributed by atoms with E-state index in [1.165, 1.54) is 6.26 Å². The van der Waals surface area contributed by atoms with Crippen molar-refractivity contribution in [2.24, 2.45) is 4.99 Å². The first-order valence-corrected chi connectivity index (χ1v) is 12.7. The number of furan rings is 1. The van der Waals surface area contributed by atoms with Crippen molar-refractivity contribution < 1.29 is 12.8 Å². The number of piperazine rings is 1. The van der Waals surface area contributed by atoms with E-state index in [0.29, 0.717) is 24.0 Å². The minimum atomic E-state index is -3.14. The van der Waals surface area contributed by atoms with Gasteiger partial charge in [-0.15, -0.1) is 0 Å². The highest BCUT2D eigenvalue weighted by Gasteiger charge is 2.33. The van der Waals surface area contributed by atoms with Gasteiger partial charge < -0.3 is 4.42 Å². The first kappa shape index (κ1) is 21.4. The van der Waals surface area contributed by atoms with Crippen molar-refractivity contribution in [3.63, 3.8) is 0 Å². The lowest BCUT2D eigenvalue weighted by Gasteiger charge is -2.43. The summed E-state index contributed by atoms with van der Waals surface area (Å²) in [6.45, 7) is 4.09. The zero-order chi connectivity index (χ0) is 21.5. The van der Waals surface area contributed by atoms with Crippen LogP contribution in [0.4, 0.5) is 5.82 Å². The van der Waals surface area contributed by atoms with Crippen LogP contribution in [0.25, 0.3) is 11.0 Å². The minimum Gasteiger partial charge on any atom is -0.444 e. The van der Waals surface area contributed by atoms with Crippen LogP contribution in [0.15, 0.2) is 26.1 Å². The van der Waals surface area contributed by atoms with Crippen LogP contribution in [0, 0.1) is 11.3 Å². The number of fused-ring (bicyclic) bond motifs is 1. The molecule has 1 unspecified atom stereocenters. The maximum Gasteiger partial charge on any atom is 0.211 e. The maximum absolute atomic E-state index is 11.9. The molecule has 30 heavy (non-hydrogen) atoms. The Hall–Kier alpha value is -1.80. The fraction of sp³-hybridized carbons (Fsp3) is 0.550. The molecule has 2 aromatic heterocycles. The Labute approximate surface area is 184 Å². The molecule has 0 amide bonds. The molecule has 160 valence electrons. The van der Waals surface area contributed by atoms with Gasteiger partial charge in [0.05, 0.1) is 16.9 Å². The molecule has 0 bridgehead atoms. The zero-order valence-corrected chi connectivity index (χ0v) is 19.4. The second-order valence-corrected chi connectivity index (χ2v) is 10.8. The molecule has 10 heteroatoms. The second-order valence-electron chi connectivity index (χ2n) is 8.02. The first-order chi connectivity index (χ1) is 14.3. The van der Waals surface area contributed by atoms with Gasteiger partial charge in [-0.25, -0.2) is 18.4 Å². The molecule has 0 spiro atoms. The molecule has 1 atom stereocenters. The molecule has 1 aliphatic heterocycles. The summed E-state index contributed by atoms with van der Waals surface area (Å²) in [6, 6.07) is 4.16. The largest absolute Gasteiger partial charge is 0.444 e. The summed E-state index contributed by atoms with van der Waals surface area (Å²) < 4.78 is 31.5. The standard InChI is InChI=1S/C20H24BrN5O3S/c1-13-12-25(7-8-26(13)30(2,27)28)15-5-3-14(4-6-15)24-20-19(21)17-9-16(10-22)29-18(17)11-23-20/h9,11,13,15H,3-8,12H2,1-2H3. The van der Waals surface area contributed by atoms with Gasteiger partial charge in [0.25, 0.3) is 0 Å². The van der Waals surface area contributed by atoms with E-state index in [4.69, 9.17) is 14.7 Å². The fourth-order valence-electron chi connectivity index (χ4n) is 4.46. The summed E-state index contributed by atoms with van der Waals surface area (Å²) in [4.78, 5) is 11.6. The van der Waals surface area contributed by atoms with Crippen LogP contribution in [-0.4, -0.2) is 66.3 Å². The third-order valence-corrected chi connectivity index (χ3v) is 8.12. The molecule has 0 aromatic carbocycles. The highest BCUT2D eigenvalue weighted by atomic mass is 79.9. The van der Waals surface area contributed by atoms with E-state index in [9.17, 15) is 8.42 Å². The van der Waals surface area contributed by atoms with E-state index in [1.54, 1.807) is 16.6 Å². The summed E-state index contributed by atoms with van der Waals surface area (Å²) >= 11 is 3.55. The van der Waals surface area contributed by atoms with Gasteiger partial charge in [-0.1, -0.05) is 0 Å². The molecule has 1 aliphatic carbocycles. The number of pyridine rings is 1. The summed E-state index contributed by atoms with van der Waals surface area (Å²) in [5.74, 6) is 0.861. The quantitative estimate of drug-likeness (QED) is 0.648. The van der Waals surface area contributed by atoms with Gasteiger partial charge in [0.2, 0.25) is 15.8 Å². The summed E-state index contributed by atoms with van der Waals surface area (Å²) in [5, 5.41) is 9.82. The monoisotopic (exact) mass is 493 g/mol. The zero-order valence-electron chi connectivity index (χ0n) is 17.0. The number of aromatic nitrogens is 1. The molecule has 8 nitrogen and oxygen atoms in total. The van der Waals surface area contributed by atoms with E-state index in [0.717, 1.165) is 54.3 Å². The Bertz CT molecular complexity index is 1130. The number of halogens is 1. The van der Waals surface area contributed by atoms with Crippen molar-refractivity contribution in [2.45, 2.75) is 44.7 Å². The van der Waals surface area contributed by atoms with E-state index < -0.39 is 10.0 Å². The number of nitrogens with zero attached hydrogens (tertiary/aromatic N) is 5. The van der Waals surface area contributed by atoms with Crippen LogP contribution >= 0.6 is 15.9 Å². The van der Waals surface area contributed by atoms with Crippen LogP contribution in [0.1, 0.15) is 38.4 Å². The molecule has 0 radical (unpaired) electrons. The Balaban J connectivity index is 1.41. The molecule has 1 saturated heterocycles. The molecule has 3 heterocycles. The Morgan fingerprint density at radius 3 is 2.70 bits per heavy atom. The van der Waals surface area contributed by atoms with Gasteiger partial charge in [-0.05, 0) is 48.5 Å². The smallest absolute Gasteiger partial charge is 0.211 e. The maximum atomic E-state index is 11.9. The van der Waals surface area contributed by atoms with Gasteiger partial charge in [-0.2, -0.15) is 9.57 Å². The van der Waals surface area contributed by atoms with Crippen LogP contribution in [-0.2, 0) is 10.0 Å². The molecular weight excluding hydrogens is 470 g/mol. The van der Waals surface area contributed by atoms with Gasteiger partial charge in [-0.3, -0.25) is 4.90 Å². The number of hydrogen-bond donors (Lipinski definition) is 0. The molecule has 4 rings (SSSR count). The Morgan fingerprint density at radius 2 is 2.07 bits per heavy atom. The number of rotatable bonds is 3. The van der Waals surface area contributed by atoms with Crippen LogP contribution in [0.3, 0.4) is 0 Å². The van der Waals surface area contributed by atoms with Crippen molar-refractivity contribution in [3.8, 4) is 6.07 Å². The predicted molar refractivity (Wildman–Crippen MR) is 118 cm³/mol. The van der Waals surface area contributed by atoms with Crippen molar-refractivity contribution in [3.05, 3.63) is 22.5 Å². The second kappa shape index (κ2) is 8.38. The third-order valence-electron chi connectivity index (χ3n) is 5.94. The lowest BCUT2D eigenvalue weighted by molar-refractivity contribution is 0.0924. The number of sulfonamides is 1. The minimum absolute atomic E-state index is 0.00367. The Morgan fingerprint density at radius 1 is 1.33 bits per heavy atom. The van der Waals surface area contributed by atoms with E-state index in [1.807, 2.05) is 13.0 Å². The molecular formula is C20H24BrN5O3S. The number of hydrogen-bond acceptors (Lipinski definition) is 7. The first-order valence-electron chi connectivity index (χ1n) is 10.0. The van der Waals surface area contributed by atoms with Gasteiger partial charge in [0.1, 0.15) is 6.07 Å². The van der Waals surface area contributed by atoms with Crippen LogP contribution < -0.4 is 0 Å². The van der Waals surface area contributed by atoms with E-state index >= 15 is 0 Å². The molecule has 2 fully saturated rings. The summed E-state index contributed by atoms with van der Waals surface area (Å²) in [7, 11) is -3.14. The van der Waals surface area contributed by atoms with Crippen LogP contribution in [0.5, 0.6) is 0 Å². The van der Waals surface area contributed by atoms with Crippen molar-refractivity contribution in [1.82, 2.24) is 14.2 Å². The molecule has 2 aromatic rings. The number of aliphatic imine (C=N–C) groups is 1. The molecule has 1 saturated carbocycles. The van der Waals surface area contributed by atoms with Gasteiger partial charge in [0.15, 0.2) is 11.4 Å². The molecule has 2 aliphatic rings. The topological polar surface area (TPSA) is 103 Å². The normalized spacial score (nSPS) is 24.1.